The van der Waals surface area contributed by atoms with E-state index in [2.05, 4.69) is 11.7 Å². The zero-order valence-corrected chi connectivity index (χ0v) is 7.10. The molecule has 58 valence electrons. The average molecular weight is 139 g/mol. The molecule has 0 aromatic carbocycles. The summed E-state index contributed by atoms with van der Waals surface area (Å²) in [5, 5.41) is 0. The summed E-state index contributed by atoms with van der Waals surface area (Å²) in [6.07, 6.45) is 7.06. The molecule has 1 fully saturated rings. The van der Waals surface area contributed by atoms with Gasteiger partial charge in [0.1, 0.15) is 0 Å². The molecule has 1 aliphatic heterocycles. The van der Waals surface area contributed by atoms with E-state index in [4.69, 9.17) is 0 Å². The van der Waals surface area contributed by atoms with Crippen molar-refractivity contribution < 1.29 is 0 Å². The topological polar surface area (TPSA) is 3.24 Å². The quantitative estimate of drug-likeness (QED) is 0.537. The lowest BCUT2D eigenvalue weighted by Crippen LogP contribution is -2.32. The second-order valence-corrected chi connectivity index (χ2v) is 3.26. The van der Waals surface area contributed by atoms with E-state index in [9.17, 15) is 0 Å². The van der Waals surface area contributed by atoms with Crippen molar-refractivity contribution in [3.63, 3.8) is 0 Å². The predicted octanol–water partition coefficient (Wildman–Crippen LogP) is 1.65. The van der Waals surface area contributed by atoms with Gasteiger partial charge < -0.3 is 4.81 Å². The van der Waals surface area contributed by atoms with Gasteiger partial charge in [-0.1, -0.05) is 26.1 Å². The highest BCUT2D eigenvalue weighted by Crippen LogP contribution is 2.07. The summed E-state index contributed by atoms with van der Waals surface area (Å²) < 4.78 is 0. The highest BCUT2D eigenvalue weighted by atomic mass is 15.0. The van der Waals surface area contributed by atoms with E-state index in [0.29, 0.717) is 0 Å². The van der Waals surface area contributed by atoms with Crippen LogP contribution < -0.4 is 0 Å². The Kier molecular flexibility index (Phi) is 3.88. The van der Waals surface area contributed by atoms with Crippen molar-refractivity contribution >= 4 is 7.41 Å². The number of nitrogens with zero attached hydrogens (tertiary/aromatic N) is 1. The minimum absolute atomic E-state index is 1.34. The molecule has 0 unspecified atom stereocenters. The van der Waals surface area contributed by atoms with E-state index in [0.717, 1.165) is 0 Å². The standard InChI is InChI=1S/C8H18BN/c1-2-3-7-10-8-5-4-6-9-10/h9H,2-8H2,1H3. The normalized spacial score (nSPS) is 20.5. The highest BCUT2D eigenvalue weighted by Gasteiger charge is 2.09. The number of rotatable bonds is 3. The van der Waals surface area contributed by atoms with Crippen molar-refractivity contribution in [2.45, 2.75) is 38.9 Å². The van der Waals surface area contributed by atoms with Crippen molar-refractivity contribution in [2.24, 2.45) is 0 Å². The lowest BCUT2D eigenvalue weighted by Gasteiger charge is -2.25. The van der Waals surface area contributed by atoms with E-state index in [1.54, 1.807) is 0 Å². The van der Waals surface area contributed by atoms with Gasteiger partial charge in [-0.05, 0) is 25.9 Å². The molecule has 10 heavy (non-hydrogen) atoms. The van der Waals surface area contributed by atoms with Gasteiger partial charge in [-0.3, -0.25) is 0 Å². The summed E-state index contributed by atoms with van der Waals surface area (Å²) >= 11 is 0. The second-order valence-electron chi connectivity index (χ2n) is 3.26. The molecule has 0 saturated carbocycles. The predicted molar refractivity (Wildman–Crippen MR) is 47.7 cm³/mol. The van der Waals surface area contributed by atoms with Gasteiger partial charge in [-0.25, -0.2) is 0 Å². The van der Waals surface area contributed by atoms with Crippen LogP contribution in [0.4, 0.5) is 0 Å². The molecule has 0 N–H and O–H groups in total. The van der Waals surface area contributed by atoms with Gasteiger partial charge in [0, 0.05) is 0 Å². The molecule has 1 heterocycles. The van der Waals surface area contributed by atoms with E-state index >= 15 is 0 Å². The van der Waals surface area contributed by atoms with Gasteiger partial charge in [0.2, 0.25) is 7.41 Å². The summed E-state index contributed by atoms with van der Waals surface area (Å²) in [5.41, 5.74) is 0. The molecular formula is C8H18BN. The van der Waals surface area contributed by atoms with Gasteiger partial charge in [0.05, 0.1) is 0 Å². The summed E-state index contributed by atoms with van der Waals surface area (Å²) in [5.74, 6) is 0. The zero-order valence-electron chi connectivity index (χ0n) is 7.10. The fraction of sp³-hybridized carbons (Fsp3) is 1.00. The van der Waals surface area contributed by atoms with E-state index < -0.39 is 0 Å². The molecule has 1 aliphatic rings. The fourth-order valence-electron chi connectivity index (χ4n) is 1.56. The molecule has 0 aromatic heterocycles. The Bertz CT molecular complexity index is 79.3. The van der Waals surface area contributed by atoms with Crippen LogP contribution in [0.2, 0.25) is 6.32 Å². The number of hydrogen-bond acceptors (Lipinski definition) is 1. The van der Waals surface area contributed by atoms with Crippen LogP contribution in [0.25, 0.3) is 0 Å². The van der Waals surface area contributed by atoms with Crippen LogP contribution in [0.1, 0.15) is 32.6 Å². The Hall–Kier alpha value is 0.0249. The van der Waals surface area contributed by atoms with Crippen LogP contribution in [0, 0.1) is 0 Å². The van der Waals surface area contributed by atoms with Crippen LogP contribution >= 0.6 is 0 Å². The Morgan fingerprint density at radius 2 is 2.30 bits per heavy atom. The average Bonchev–Trinajstić information content (AvgIpc) is 2.03. The largest absolute Gasteiger partial charge is 0.345 e. The summed E-state index contributed by atoms with van der Waals surface area (Å²) in [6, 6.07) is 0. The molecule has 0 aromatic rings. The lowest BCUT2D eigenvalue weighted by atomic mass is 9.79. The second kappa shape index (κ2) is 4.78. The van der Waals surface area contributed by atoms with Crippen LogP contribution in [0.5, 0.6) is 0 Å². The first-order chi connectivity index (χ1) is 4.93. The molecule has 0 aliphatic carbocycles. The Morgan fingerprint density at radius 1 is 1.40 bits per heavy atom. The summed E-state index contributed by atoms with van der Waals surface area (Å²) in [7, 11) is 1.36. The van der Waals surface area contributed by atoms with Gasteiger partial charge in [0.15, 0.2) is 0 Å². The summed E-state index contributed by atoms with van der Waals surface area (Å²) in [4.78, 5) is 2.60. The molecule has 1 nitrogen and oxygen atoms in total. The van der Waals surface area contributed by atoms with Gasteiger partial charge in [-0.2, -0.15) is 0 Å². The molecule has 0 radical (unpaired) electrons. The first-order valence-electron chi connectivity index (χ1n) is 4.66. The lowest BCUT2D eigenvalue weighted by molar-refractivity contribution is 0.399. The fourth-order valence-corrected chi connectivity index (χ4v) is 1.56. The minimum atomic E-state index is 1.34. The molecule has 0 bridgehead atoms. The smallest absolute Gasteiger partial charge is 0.204 e. The first kappa shape index (κ1) is 8.12. The molecule has 0 atom stereocenters. The summed E-state index contributed by atoms with van der Waals surface area (Å²) in [6.45, 7) is 4.97. The maximum absolute atomic E-state index is 2.60. The van der Waals surface area contributed by atoms with Gasteiger partial charge in [-0.15, -0.1) is 0 Å². The van der Waals surface area contributed by atoms with Crippen molar-refractivity contribution in [1.29, 1.82) is 0 Å². The maximum Gasteiger partial charge on any atom is 0.204 e. The Morgan fingerprint density at radius 3 is 2.90 bits per heavy atom. The molecule has 1 saturated heterocycles. The van der Waals surface area contributed by atoms with Crippen LogP contribution in [-0.4, -0.2) is 25.3 Å². The Balaban J connectivity index is 2.02. The number of unbranched alkanes of at least 4 members (excludes halogenated alkanes) is 1. The first-order valence-corrected chi connectivity index (χ1v) is 4.66. The van der Waals surface area contributed by atoms with Gasteiger partial charge in [0.25, 0.3) is 0 Å². The van der Waals surface area contributed by atoms with Crippen molar-refractivity contribution in [1.82, 2.24) is 4.81 Å². The third-order valence-electron chi connectivity index (χ3n) is 2.28. The van der Waals surface area contributed by atoms with Crippen LogP contribution in [-0.2, 0) is 0 Å². The molecular weight excluding hydrogens is 121 g/mol. The number of hydrogen-bond donors (Lipinski definition) is 0. The SMILES string of the molecule is CCCCN1BCCCC1. The van der Waals surface area contributed by atoms with E-state index in [-0.39, 0.29) is 0 Å². The van der Waals surface area contributed by atoms with Crippen LogP contribution in [0.3, 0.4) is 0 Å². The van der Waals surface area contributed by atoms with Crippen molar-refractivity contribution in [3.8, 4) is 0 Å². The van der Waals surface area contributed by atoms with E-state index in [1.807, 2.05) is 0 Å². The highest BCUT2D eigenvalue weighted by molar-refractivity contribution is 6.32. The molecule has 0 spiro atoms. The van der Waals surface area contributed by atoms with Crippen molar-refractivity contribution in [3.05, 3.63) is 0 Å². The Labute approximate surface area is 65.1 Å². The molecule has 0 amide bonds. The third kappa shape index (κ3) is 2.74. The monoisotopic (exact) mass is 139 g/mol. The third-order valence-corrected chi connectivity index (χ3v) is 2.28. The minimum Gasteiger partial charge on any atom is -0.345 e. The van der Waals surface area contributed by atoms with Gasteiger partial charge >= 0.3 is 0 Å². The maximum atomic E-state index is 2.60. The molecule has 2 heteroatoms. The molecule has 1 rings (SSSR count). The zero-order chi connectivity index (χ0) is 7.23. The van der Waals surface area contributed by atoms with Crippen LogP contribution in [0.15, 0.2) is 0 Å². The van der Waals surface area contributed by atoms with E-state index in [1.165, 1.54) is 52.5 Å². The van der Waals surface area contributed by atoms with Crippen molar-refractivity contribution in [2.75, 3.05) is 13.1 Å².